The third kappa shape index (κ3) is 26.4. The Balaban J connectivity index is 1.26. The summed E-state index contributed by atoms with van der Waals surface area (Å²) in [7, 11) is 0. The van der Waals surface area contributed by atoms with Crippen LogP contribution in [-0.4, -0.2) is 339 Å². The summed E-state index contributed by atoms with van der Waals surface area (Å²) in [4.78, 5) is 66.0. The molecule has 0 spiro atoms. The zero-order valence-corrected chi connectivity index (χ0v) is 61.3. The molecule has 5 aliphatic rings. The van der Waals surface area contributed by atoms with Crippen LogP contribution in [0.2, 0.25) is 0 Å². The van der Waals surface area contributed by atoms with Crippen LogP contribution in [0.15, 0.2) is 36.4 Å². The average molecular weight is 1620 g/mol. The summed E-state index contributed by atoms with van der Waals surface area (Å²) in [6.07, 6.45) is -47.9. The summed E-state index contributed by atoms with van der Waals surface area (Å²) < 4.78 is 128. The number of unbranched alkanes of at least 4 members (excludes halogenated alkanes) is 14. The molecule has 638 valence electrons. The zero-order valence-electron chi connectivity index (χ0n) is 61.3. The molecule has 0 radical (unpaired) electrons. The first kappa shape index (κ1) is 94.6. The van der Waals surface area contributed by atoms with Crippen molar-refractivity contribution in [3.8, 4) is 5.75 Å². The standard InChI is InChI=1S/C69H109F5N4O33/c1-4-5-6-7-8-9-10-11-12-13-14-15-16-17-18-19-45(89)78-37(38(86)24-25-46(90)77-35-20-22-36(23-21-35)109-69(73,74)68(70,71)72)32-101-63-55(97)53(95)57(43(30-82)104-63)106-65-56(98)61(111-67(66(99)100)26-39(87)47(75-33(2)84)60(110-67)49(91)40(88)27-79)58(44(31-83)105-65)107-62-48(76-34(3)85)59(51(93)42(29-81)102-62)108-64-54(96)52(94)50(92)41(28-80)103-64/h20-25,37-44,47-65,79-83,86-88,91-98H,4-19,26-32H2,1-3H3,(H,75,84)(H,76,85)(H,77,90)(H,78,89)(H,99,100)/b25-24+/t37-,38+,39-,40+,41+,42+,43+,44+,47?,48+,49+,50-,51-,52-,53+,54+,55+,56+,57+,58-,59+,60?,61+,62-,63+,64-,65-,67-/m0/s1. The molecule has 1 aromatic rings. The second kappa shape index (κ2) is 44.7. The fourth-order valence-corrected chi connectivity index (χ4v) is 13.3. The molecule has 0 bridgehead atoms. The van der Waals surface area contributed by atoms with Crippen LogP contribution in [0.1, 0.15) is 130 Å². The van der Waals surface area contributed by atoms with E-state index in [9.17, 15) is 133 Å². The third-order valence-corrected chi connectivity index (χ3v) is 19.4. The molecule has 0 aromatic heterocycles. The van der Waals surface area contributed by atoms with Gasteiger partial charge in [0.2, 0.25) is 23.6 Å². The minimum atomic E-state index is -6.06. The molecule has 28 atom stereocenters. The number of rotatable bonds is 44. The summed E-state index contributed by atoms with van der Waals surface area (Å²) in [5, 5.41) is 198. The van der Waals surface area contributed by atoms with Crippen LogP contribution < -0.4 is 26.0 Å². The van der Waals surface area contributed by atoms with Gasteiger partial charge in [0.1, 0.15) is 122 Å². The summed E-state index contributed by atoms with van der Waals surface area (Å²) in [5.41, 5.74) is -0.151. The number of hydrogen-bond donors (Lipinski definition) is 21. The number of hydrogen-bond acceptors (Lipinski definition) is 32. The lowest BCUT2D eigenvalue weighted by Crippen LogP contribution is -2.72. The highest BCUT2D eigenvalue weighted by Gasteiger charge is 2.64. The number of carboxylic acids is 1. The van der Waals surface area contributed by atoms with Gasteiger partial charge in [-0.25, -0.2) is 4.79 Å². The Bertz CT molecular complexity index is 3020. The number of halogens is 5. The maximum absolute atomic E-state index is 13.8. The minimum Gasteiger partial charge on any atom is -0.477 e. The Kier molecular flexibility index (Phi) is 38.1. The van der Waals surface area contributed by atoms with E-state index in [1.807, 2.05) is 0 Å². The van der Waals surface area contributed by atoms with Gasteiger partial charge in [-0.2, -0.15) is 22.0 Å². The Morgan fingerprint density at radius 2 is 1.06 bits per heavy atom. The molecule has 0 saturated carbocycles. The number of aliphatic hydroxyl groups excluding tert-OH is 16. The number of anilines is 1. The number of carbonyl (C=O) groups is 5. The summed E-state index contributed by atoms with van der Waals surface area (Å²) in [5.74, 6) is -10.2. The largest absolute Gasteiger partial charge is 0.499 e. The van der Waals surface area contributed by atoms with E-state index in [4.69, 9.17) is 47.4 Å². The number of aliphatic carboxylic acids is 1. The maximum Gasteiger partial charge on any atom is 0.499 e. The van der Waals surface area contributed by atoms with Crippen LogP contribution in [0.25, 0.3) is 0 Å². The highest BCUT2D eigenvalue weighted by Crippen LogP contribution is 2.42. The molecule has 37 nitrogen and oxygen atoms in total. The molecular weight excluding hydrogens is 1510 g/mol. The fraction of sp³-hybridized carbons (Fsp3) is 0.812. The van der Waals surface area contributed by atoms with Crippen LogP contribution in [0.3, 0.4) is 0 Å². The molecule has 0 aliphatic carbocycles. The van der Waals surface area contributed by atoms with Crippen molar-refractivity contribution in [3.05, 3.63) is 36.4 Å². The lowest BCUT2D eigenvalue weighted by molar-refractivity contribution is -0.403. The van der Waals surface area contributed by atoms with Crippen LogP contribution in [-0.2, 0) is 71.3 Å². The van der Waals surface area contributed by atoms with Crippen molar-refractivity contribution in [2.24, 2.45) is 0 Å². The molecule has 1 aromatic carbocycles. The van der Waals surface area contributed by atoms with Gasteiger partial charge in [0.25, 0.3) is 5.79 Å². The molecule has 111 heavy (non-hydrogen) atoms. The quantitative estimate of drug-likeness (QED) is 0.0171. The van der Waals surface area contributed by atoms with E-state index in [1.54, 1.807) is 0 Å². The van der Waals surface area contributed by atoms with E-state index in [-0.39, 0.29) is 12.1 Å². The first-order valence-electron chi connectivity index (χ1n) is 36.9. The van der Waals surface area contributed by atoms with Crippen LogP contribution >= 0.6 is 0 Å². The summed E-state index contributed by atoms with van der Waals surface area (Å²) in [6.45, 7) is -2.73. The third-order valence-electron chi connectivity index (χ3n) is 19.4. The second-order valence-corrected chi connectivity index (χ2v) is 28.0. The number of carboxylic acid groups (broad SMARTS) is 1. The van der Waals surface area contributed by atoms with Gasteiger partial charge in [-0.3, -0.25) is 19.2 Å². The Morgan fingerprint density at radius 1 is 0.577 bits per heavy atom. The van der Waals surface area contributed by atoms with Crippen LogP contribution in [0.5, 0.6) is 5.75 Å². The van der Waals surface area contributed by atoms with E-state index < -0.39 is 265 Å². The number of ether oxygens (including phenoxy) is 11. The van der Waals surface area contributed by atoms with Crippen molar-refractivity contribution in [1.82, 2.24) is 16.0 Å². The van der Waals surface area contributed by atoms with Crippen LogP contribution in [0.4, 0.5) is 27.6 Å². The number of alkyl halides is 5. The highest BCUT2D eigenvalue weighted by atomic mass is 19.4. The van der Waals surface area contributed by atoms with Gasteiger partial charge in [-0.15, -0.1) is 0 Å². The highest BCUT2D eigenvalue weighted by molar-refractivity contribution is 5.99. The minimum absolute atomic E-state index is 0.0912. The SMILES string of the molecule is CCCCCCCCCCCCCCCCCC(=O)N[C@@H](CO[C@@H]1O[C@H](CO)[C@@H](O[C@@H]2O[C@H](CO)[C@H](O[C@@H]3O[C@H](CO)[C@H](O)[C@H](O[C@@H]4O[C@H](CO)[C@H](O)[C@H](O)[C@H]4O)[C@H]3NC(C)=O)[C@H](O[C@]3(C(=O)O)C[C@H](O)C(NC(C)=O)C([C@H](O)[C@H](O)CO)O3)[C@H]2O)[C@H](O)[C@H]1O)[C@H](O)/C=C/C(=O)Nc1ccc(OC(F)(F)C(F)(F)F)cc1. The molecule has 21 N–H and O–H groups in total. The Morgan fingerprint density at radius 3 is 1.60 bits per heavy atom. The van der Waals surface area contributed by atoms with E-state index in [0.29, 0.717) is 25.0 Å². The summed E-state index contributed by atoms with van der Waals surface area (Å²) >= 11 is 0. The van der Waals surface area contributed by atoms with Gasteiger partial charge in [0, 0.05) is 38.5 Å². The molecule has 42 heteroatoms. The van der Waals surface area contributed by atoms with Crippen molar-refractivity contribution in [1.29, 1.82) is 0 Å². The van der Waals surface area contributed by atoms with Gasteiger partial charge in [-0.05, 0) is 36.8 Å². The average Bonchev–Trinajstić information content (AvgIpc) is 0.747. The lowest BCUT2D eigenvalue weighted by atomic mass is 9.88. The molecule has 5 heterocycles. The van der Waals surface area contributed by atoms with Gasteiger partial charge >= 0.3 is 18.3 Å². The van der Waals surface area contributed by atoms with Gasteiger partial charge < -0.3 is 160 Å². The number of aliphatic hydroxyl groups is 16. The van der Waals surface area contributed by atoms with Gasteiger partial charge in [0.05, 0.1) is 63.9 Å². The van der Waals surface area contributed by atoms with Crippen LogP contribution in [0, 0.1) is 0 Å². The Hall–Kier alpha value is -5.28. The number of carbonyl (C=O) groups excluding carboxylic acids is 4. The van der Waals surface area contributed by atoms with E-state index in [1.165, 1.54) is 44.9 Å². The monoisotopic (exact) mass is 1620 g/mol. The molecule has 5 saturated heterocycles. The number of nitrogens with one attached hydrogen (secondary N) is 4. The van der Waals surface area contributed by atoms with E-state index in [0.717, 1.165) is 76.7 Å². The van der Waals surface area contributed by atoms with Crippen molar-refractivity contribution in [2.45, 2.75) is 313 Å². The number of amides is 4. The van der Waals surface area contributed by atoms with Crippen molar-refractivity contribution >= 4 is 35.3 Å². The first-order valence-corrected chi connectivity index (χ1v) is 36.9. The number of benzene rings is 1. The van der Waals surface area contributed by atoms with Gasteiger partial charge in [0.15, 0.2) is 25.2 Å². The second-order valence-electron chi connectivity index (χ2n) is 28.0. The lowest BCUT2D eigenvalue weighted by Gasteiger charge is -2.52. The summed E-state index contributed by atoms with van der Waals surface area (Å²) in [6, 6.07) is -2.12. The van der Waals surface area contributed by atoms with E-state index >= 15 is 0 Å². The van der Waals surface area contributed by atoms with Gasteiger partial charge in [-0.1, -0.05) is 96.8 Å². The maximum atomic E-state index is 13.8. The zero-order chi connectivity index (χ0) is 82.2. The first-order chi connectivity index (χ1) is 52.5. The molecule has 2 unspecified atom stereocenters. The van der Waals surface area contributed by atoms with E-state index in [2.05, 4.69) is 32.9 Å². The predicted octanol–water partition coefficient (Wildman–Crippen LogP) is -3.57. The fourth-order valence-electron chi connectivity index (χ4n) is 13.3. The van der Waals surface area contributed by atoms with Crippen molar-refractivity contribution in [3.63, 3.8) is 0 Å². The molecule has 5 fully saturated rings. The molecule has 5 aliphatic heterocycles. The normalized spacial score (nSPS) is 34.0. The van der Waals surface area contributed by atoms with Crippen molar-refractivity contribution < 1.29 is 185 Å². The molecule has 6 rings (SSSR count). The topological polar surface area (TPSA) is 579 Å². The smallest absolute Gasteiger partial charge is 0.477 e. The Labute approximate surface area is 634 Å². The molecule has 4 amide bonds. The predicted molar refractivity (Wildman–Crippen MR) is 364 cm³/mol. The van der Waals surface area contributed by atoms with Crippen molar-refractivity contribution in [2.75, 3.05) is 45.0 Å². The molecular formula is C69H109F5N4O33.